The molecule has 5 heteroatoms. The summed E-state index contributed by atoms with van der Waals surface area (Å²) in [5, 5.41) is 8.87. The van der Waals surface area contributed by atoms with Crippen molar-refractivity contribution in [1.82, 2.24) is 9.55 Å². The number of carbonyl (C=O) groups excluding carboxylic acids is 1. The molecule has 0 amide bonds. The Hall–Kier alpha value is -5.73. The molecule has 1 aromatic heterocycles. The van der Waals surface area contributed by atoms with Crippen molar-refractivity contribution in [3.05, 3.63) is 179 Å². The molecular formula is C45H43N3O2. The van der Waals surface area contributed by atoms with Crippen LogP contribution in [0.2, 0.25) is 0 Å². The van der Waals surface area contributed by atoms with Crippen LogP contribution in [0.3, 0.4) is 0 Å². The minimum atomic E-state index is -0.638. The highest BCUT2D eigenvalue weighted by Crippen LogP contribution is 2.42. The van der Waals surface area contributed by atoms with Crippen LogP contribution in [0.1, 0.15) is 61.0 Å². The third kappa shape index (κ3) is 7.31. The fraction of sp³-hybridized carbons (Fsp3) is 0.222. The molecular weight excluding hydrogens is 615 g/mol. The molecule has 1 heterocycles. The molecule has 5 aromatic carbocycles. The summed E-state index contributed by atoms with van der Waals surface area (Å²) in [6.07, 6.45) is 5.80. The van der Waals surface area contributed by atoms with Gasteiger partial charge in [0.25, 0.3) is 5.78 Å². The highest BCUT2D eigenvalue weighted by Gasteiger charge is 2.40. The van der Waals surface area contributed by atoms with Gasteiger partial charge in [-0.15, -0.1) is 0 Å². The Kier molecular flexibility index (Phi) is 10.4. The van der Waals surface area contributed by atoms with Crippen molar-refractivity contribution in [3.63, 3.8) is 0 Å². The first-order chi connectivity index (χ1) is 24.3. The van der Waals surface area contributed by atoms with Crippen molar-refractivity contribution in [2.75, 3.05) is 6.61 Å². The van der Waals surface area contributed by atoms with Crippen LogP contribution in [0.4, 0.5) is 0 Å². The lowest BCUT2D eigenvalue weighted by molar-refractivity contribution is -0.115. The van der Waals surface area contributed by atoms with Gasteiger partial charge in [-0.3, -0.25) is 4.79 Å². The molecule has 50 heavy (non-hydrogen) atoms. The van der Waals surface area contributed by atoms with Crippen molar-refractivity contribution < 1.29 is 9.53 Å². The first-order valence-corrected chi connectivity index (χ1v) is 17.3. The SMILES string of the molecule is CCC(C)(C)Cc1cn(C(c2ccccc2)(c2ccccc2)c2ccccc2)c(CCc2ccc(-c3ccccc3OCC(=O)C#N)cc2)n1. The molecule has 5 nitrogen and oxygen atoms in total. The van der Waals surface area contributed by atoms with E-state index in [0.717, 1.165) is 48.3 Å². The van der Waals surface area contributed by atoms with E-state index >= 15 is 0 Å². The first kappa shape index (κ1) is 34.1. The normalized spacial score (nSPS) is 11.6. The zero-order valence-corrected chi connectivity index (χ0v) is 29.1. The number of benzene rings is 5. The monoisotopic (exact) mass is 657 g/mol. The Morgan fingerprint density at radius 1 is 0.740 bits per heavy atom. The van der Waals surface area contributed by atoms with E-state index in [1.165, 1.54) is 22.3 Å². The Bertz CT molecular complexity index is 1960. The van der Waals surface area contributed by atoms with Gasteiger partial charge >= 0.3 is 0 Å². The summed E-state index contributed by atoms with van der Waals surface area (Å²) in [7, 11) is 0. The predicted molar refractivity (Wildman–Crippen MR) is 200 cm³/mol. The van der Waals surface area contributed by atoms with Crippen LogP contribution >= 0.6 is 0 Å². The number of Topliss-reactive ketones (excluding diaryl/α,β-unsaturated/α-hetero) is 1. The van der Waals surface area contributed by atoms with E-state index in [9.17, 15) is 4.79 Å². The molecule has 6 rings (SSSR count). The van der Waals surface area contributed by atoms with Crippen LogP contribution in [0.15, 0.2) is 146 Å². The third-order valence-corrected chi connectivity index (χ3v) is 9.65. The summed E-state index contributed by atoms with van der Waals surface area (Å²) in [6, 6.07) is 50.1. The zero-order valence-electron chi connectivity index (χ0n) is 29.1. The zero-order chi connectivity index (χ0) is 35.0. The lowest BCUT2D eigenvalue weighted by Crippen LogP contribution is -2.38. The summed E-state index contributed by atoms with van der Waals surface area (Å²) in [6.45, 7) is 6.61. The number of hydrogen-bond donors (Lipinski definition) is 0. The van der Waals surface area contributed by atoms with E-state index in [1.54, 1.807) is 6.07 Å². The lowest BCUT2D eigenvalue weighted by Gasteiger charge is -2.38. The van der Waals surface area contributed by atoms with Gasteiger partial charge in [0.1, 0.15) is 23.2 Å². The van der Waals surface area contributed by atoms with Crippen LogP contribution in [-0.4, -0.2) is 21.9 Å². The molecule has 0 aliphatic carbocycles. The van der Waals surface area contributed by atoms with E-state index in [2.05, 4.69) is 147 Å². The highest BCUT2D eigenvalue weighted by atomic mass is 16.5. The highest BCUT2D eigenvalue weighted by molar-refractivity contribution is 5.94. The van der Waals surface area contributed by atoms with Gasteiger partial charge in [0.05, 0.1) is 5.69 Å². The topological polar surface area (TPSA) is 67.9 Å². The Morgan fingerprint density at radius 3 is 1.82 bits per heavy atom. The average molecular weight is 658 g/mol. The van der Waals surface area contributed by atoms with E-state index in [1.807, 2.05) is 24.3 Å². The van der Waals surface area contributed by atoms with E-state index in [0.29, 0.717) is 5.75 Å². The summed E-state index contributed by atoms with van der Waals surface area (Å²) < 4.78 is 8.14. The number of nitrogens with zero attached hydrogens (tertiary/aromatic N) is 3. The molecule has 0 radical (unpaired) electrons. The molecule has 0 N–H and O–H groups in total. The lowest BCUT2D eigenvalue weighted by atomic mass is 9.76. The minimum Gasteiger partial charge on any atom is -0.484 e. The summed E-state index contributed by atoms with van der Waals surface area (Å²) in [5.41, 5.74) is 7.17. The fourth-order valence-electron chi connectivity index (χ4n) is 6.71. The van der Waals surface area contributed by atoms with Gasteiger partial charge in [-0.1, -0.05) is 161 Å². The van der Waals surface area contributed by atoms with Crippen molar-refractivity contribution >= 4 is 5.78 Å². The number of nitriles is 1. The standard InChI is InChI=1S/C45H43N3O2/c1-4-44(2,3)30-39-32-48(45(36-16-8-5-9-17-36,37-18-10-6-11-19-37)38-20-12-7-13-21-38)43(47-39)29-26-34-24-27-35(28-25-34)41-22-14-15-23-42(41)50-33-40(49)31-46/h5-25,27-28,32H,4,26,29-30,33H2,1-3H3. The molecule has 0 atom stereocenters. The summed E-state index contributed by atoms with van der Waals surface area (Å²) >= 11 is 0. The van der Waals surface area contributed by atoms with Crippen LogP contribution in [0.5, 0.6) is 5.75 Å². The van der Waals surface area contributed by atoms with Crippen molar-refractivity contribution in [2.24, 2.45) is 5.41 Å². The number of carbonyl (C=O) groups is 1. The molecule has 0 spiro atoms. The number of ketones is 1. The van der Waals surface area contributed by atoms with Gasteiger partial charge in [-0.25, -0.2) is 4.98 Å². The molecule has 0 bridgehead atoms. The van der Waals surface area contributed by atoms with Crippen LogP contribution < -0.4 is 4.74 Å². The largest absolute Gasteiger partial charge is 0.484 e. The van der Waals surface area contributed by atoms with Gasteiger partial charge in [-0.05, 0) is 52.1 Å². The smallest absolute Gasteiger partial charge is 0.269 e. The molecule has 250 valence electrons. The third-order valence-electron chi connectivity index (χ3n) is 9.65. The van der Waals surface area contributed by atoms with Crippen molar-refractivity contribution in [3.8, 4) is 22.9 Å². The maximum Gasteiger partial charge on any atom is 0.269 e. The first-order valence-electron chi connectivity index (χ1n) is 17.3. The number of imidazole rings is 1. The van der Waals surface area contributed by atoms with Crippen LogP contribution in [0, 0.1) is 16.7 Å². The van der Waals surface area contributed by atoms with Crippen molar-refractivity contribution in [1.29, 1.82) is 5.26 Å². The summed E-state index contributed by atoms with van der Waals surface area (Å²) in [5.74, 6) is 1.01. The Morgan fingerprint density at radius 2 is 1.28 bits per heavy atom. The second kappa shape index (κ2) is 15.2. The quantitative estimate of drug-likeness (QED) is 0.0864. The predicted octanol–water partition coefficient (Wildman–Crippen LogP) is 9.63. The van der Waals surface area contributed by atoms with Gasteiger partial charge in [0.15, 0.2) is 6.61 Å². The molecule has 0 unspecified atom stereocenters. The second-order valence-corrected chi connectivity index (χ2v) is 13.5. The van der Waals surface area contributed by atoms with Crippen LogP contribution in [0.25, 0.3) is 11.1 Å². The number of aryl methyl sites for hydroxylation is 2. The molecule has 0 aliphatic rings. The van der Waals surface area contributed by atoms with E-state index in [4.69, 9.17) is 15.0 Å². The Labute approximate surface area is 295 Å². The van der Waals surface area contributed by atoms with Gasteiger partial charge < -0.3 is 9.30 Å². The second-order valence-electron chi connectivity index (χ2n) is 13.5. The fourth-order valence-corrected chi connectivity index (χ4v) is 6.71. The summed E-state index contributed by atoms with van der Waals surface area (Å²) in [4.78, 5) is 17.0. The van der Waals surface area contributed by atoms with Crippen LogP contribution in [-0.2, 0) is 29.6 Å². The number of rotatable bonds is 14. The van der Waals surface area contributed by atoms with E-state index in [-0.39, 0.29) is 12.0 Å². The maximum absolute atomic E-state index is 11.6. The molecule has 6 aromatic rings. The maximum atomic E-state index is 11.6. The molecule has 0 aliphatic heterocycles. The van der Waals surface area contributed by atoms with Gasteiger partial charge in [0, 0.05) is 18.2 Å². The number of aromatic nitrogens is 2. The number of hydrogen-bond acceptors (Lipinski definition) is 4. The number of ether oxygens (including phenoxy) is 1. The average Bonchev–Trinajstić information content (AvgIpc) is 3.56. The number of para-hydroxylation sites is 1. The van der Waals surface area contributed by atoms with Crippen molar-refractivity contribution in [2.45, 2.75) is 52.0 Å². The van der Waals surface area contributed by atoms with Gasteiger partial charge in [-0.2, -0.15) is 5.26 Å². The molecule has 0 saturated heterocycles. The molecule has 0 saturated carbocycles. The van der Waals surface area contributed by atoms with E-state index < -0.39 is 11.3 Å². The Balaban J connectivity index is 1.41. The molecule has 0 fully saturated rings. The minimum absolute atomic E-state index is 0.114. The van der Waals surface area contributed by atoms with Gasteiger partial charge in [0.2, 0.25) is 0 Å².